The second-order valence-corrected chi connectivity index (χ2v) is 4.38. The Labute approximate surface area is 101 Å². The molecule has 2 amide bonds. The Bertz CT molecular complexity index is 349. The molecule has 1 aromatic rings. The molecular formula is C11H20N4O2. The molecule has 1 heterocycles. The van der Waals surface area contributed by atoms with Gasteiger partial charge in [-0.15, -0.1) is 0 Å². The Kier molecular flexibility index (Phi) is 5.45. The van der Waals surface area contributed by atoms with Gasteiger partial charge in [0.1, 0.15) is 0 Å². The number of aryl methyl sites for hydroxylation is 1. The largest absolute Gasteiger partial charge is 0.338 e. The number of rotatable bonds is 6. The third-order valence-electron chi connectivity index (χ3n) is 2.21. The zero-order chi connectivity index (χ0) is 12.7. The Morgan fingerprint density at radius 2 is 2.18 bits per heavy atom. The van der Waals surface area contributed by atoms with Crippen molar-refractivity contribution in [3.8, 4) is 0 Å². The van der Waals surface area contributed by atoms with Crippen molar-refractivity contribution in [3.63, 3.8) is 0 Å². The molecule has 0 aliphatic carbocycles. The van der Waals surface area contributed by atoms with Crippen molar-refractivity contribution in [2.75, 3.05) is 6.54 Å². The zero-order valence-corrected chi connectivity index (χ0v) is 10.6. The van der Waals surface area contributed by atoms with Crippen LogP contribution in [0.25, 0.3) is 0 Å². The van der Waals surface area contributed by atoms with Gasteiger partial charge in [0.15, 0.2) is 5.82 Å². The monoisotopic (exact) mass is 240 g/mol. The Hall–Kier alpha value is -1.59. The van der Waals surface area contributed by atoms with Crippen molar-refractivity contribution in [2.45, 2.75) is 40.2 Å². The van der Waals surface area contributed by atoms with E-state index in [2.05, 4.69) is 34.6 Å². The molecule has 0 aliphatic rings. The van der Waals surface area contributed by atoms with Crippen LogP contribution in [-0.2, 0) is 6.54 Å². The molecule has 6 nitrogen and oxygen atoms in total. The second-order valence-electron chi connectivity index (χ2n) is 4.38. The van der Waals surface area contributed by atoms with E-state index in [0.717, 1.165) is 12.8 Å². The maximum atomic E-state index is 11.4. The second kappa shape index (κ2) is 6.88. The molecule has 0 aromatic carbocycles. The van der Waals surface area contributed by atoms with Crippen molar-refractivity contribution in [2.24, 2.45) is 5.92 Å². The standard InChI is InChI=1S/C11H20N4O2/c1-8(2)5-4-6-12-11(16)13-7-10-14-9(3)15-17-10/h8H,4-7H2,1-3H3,(H2,12,13,16). The average Bonchev–Trinajstić information content (AvgIpc) is 2.67. The maximum absolute atomic E-state index is 11.4. The lowest BCUT2D eigenvalue weighted by molar-refractivity contribution is 0.238. The summed E-state index contributed by atoms with van der Waals surface area (Å²) in [5.41, 5.74) is 0. The lowest BCUT2D eigenvalue weighted by Crippen LogP contribution is -2.35. The van der Waals surface area contributed by atoms with E-state index >= 15 is 0 Å². The molecule has 0 spiro atoms. The summed E-state index contributed by atoms with van der Waals surface area (Å²) >= 11 is 0. The molecule has 0 fully saturated rings. The predicted molar refractivity (Wildman–Crippen MR) is 63.3 cm³/mol. The van der Waals surface area contributed by atoms with Crippen LogP contribution in [0.5, 0.6) is 0 Å². The molecule has 0 radical (unpaired) electrons. The van der Waals surface area contributed by atoms with E-state index in [0.29, 0.717) is 24.2 Å². The van der Waals surface area contributed by atoms with Gasteiger partial charge in [-0.1, -0.05) is 19.0 Å². The number of nitrogens with zero attached hydrogens (tertiary/aromatic N) is 2. The molecule has 1 aromatic heterocycles. The van der Waals surface area contributed by atoms with Crippen molar-refractivity contribution in [3.05, 3.63) is 11.7 Å². The summed E-state index contributed by atoms with van der Waals surface area (Å²) in [5, 5.41) is 9.06. The summed E-state index contributed by atoms with van der Waals surface area (Å²) in [6.45, 7) is 7.01. The van der Waals surface area contributed by atoms with Gasteiger partial charge in [-0.05, 0) is 25.7 Å². The number of amides is 2. The van der Waals surface area contributed by atoms with Gasteiger partial charge in [0.05, 0.1) is 6.54 Å². The van der Waals surface area contributed by atoms with Crippen LogP contribution in [0.1, 0.15) is 38.4 Å². The highest BCUT2D eigenvalue weighted by Crippen LogP contribution is 2.01. The Morgan fingerprint density at radius 1 is 1.41 bits per heavy atom. The van der Waals surface area contributed by atoms with Crippen molar-refractivity contribution in [1.82, 2.24) is 20.8 Å². The molecule has 0 atom stereocenters. The van der Waals surface area contributed by atoms with E-state index in [9.17, 15) is 4.79 Å². The molecule has 1 rings (SSSR count). The highest BCUT2D eigenvalue weighted by molar-refractivity contribution is 5.73. The van der Waals surface area contributed by atoms with Crippen LogP contribution in [0.2, 0.25) is 0 Å². The maximum Gasteiger partial charge on any atom is 0.315 e. The van der Waals surface area contributed by atoms with Crippen LogP contribution in [0.15, 0.2) is 4.52 Å². The van der Waals surface area contributed by atoms with Gasteiger partial charge in [0.25, 0.3) is 0 Å². The summed E-state index contributed by atoms with van der Waals surface area (Å²) < 4.78 is 4.87. The van der Waals surface area contributed by atoms with Crippen LogP contribution >= 0.6 is 0 Å². The average molecular weight is 240 g/mol. The lowest BCUT2D eigenvalue weighted by atomic mass is 10.1. The lowest BCUT2D eigenvalue weighted by Gasteiger charge is -2.07. The van der Waals surface area contributed by atoms with Gasteiger partial charge in [-0.2, -0.15) is 4.98 Å². The summed E-state index contributed by atoms with van der Waals surface area (Å²) in [4.78, 5) is 15.3. The van der Waals surface area contributed by atoms with Crippen molar-refractivity contribution in [1.29, 1.82) is 0 Å². The van der Waals surface area contributed by atoms with Crippen LogP contribution in [0, 0.1) is 12.8 Å². The summed E-state index contributed by atoms with van der Waals surface area (Å²) in [7, 11) is 0. The summed E-state index contributed by atoms with van der Waals surface area (Å²) in [6, 6.07) is -0.204. The highest BCUT2D eigenvalue weighted by Gasteiger charge is 2.05. The number of nitrogens with one attached hydrogen (secondary N) is 2. The Morgan fingerprint density at radius 3 is 2.76 bits per heavy atom. The minimum atomic E-state index is -0.204. The first-order valence-electron chi connectivity index (χ1n) is 5.89. The van der Waals surface area contributed by atoms with E-state index in [1.54, 1.807) is 6.92 Å². The molecule has 17 heavy (non-hydrogen) atoms. The van der Waals surface area contributed by atoms with Gasteiger partial charge in [-0.25, -0.2) is 4.79 Å². The third kappa shape index (κ3) is 5.89. The first-order chi connectivity index (χ1) is 8.08. The smallest absolute Gasteiger partial charge is 0.315 e. The normalized spacial score (nSPS) is 10.6. The van der Waals surface area contributed by atoms with Gasteiger partial charge in [0.2, 0.25) is 5.89 Å². The molecule has 6 heteroatoms. The van der Waals surface area contributed by atoms with Crippen LogP contribution in [0.3, 0.4) is 0 Å². The fourth-order valence-corrected chi connectivity index (χ4v) is 1.34. The van der Waals surface area contributed by atoms with E-state index in [1.165, 1.54) is 0 Å². The molecule has 96 valence electrons. The first-order valence-corrected chi connectivity index (χ1v) is 5.89. The summed E-state index contributed by atoms with van der Waals surface area (Å²) in [5.74, 6) is 1.65. The number of urea groups is 1. The molecule has 0 bridgehead atoms. The van der Waals surface area contributed by atoms with Crippen molar-refractivity contribution < 1.29 is 9.32 Å². The fraction of sp³-hybridized carbons (Fsp3) is 0.727. The Balaban J connectivity index is 2.09. The topological polar surface area (TPSA) is 80.0 Å². The molecule has 0 saturated heterocycles. The highest BCUT2D eigenvalue weighted by atomic mass is 16.5. The fourth-order valence-electron chi connectivity index (χ4n) is 1.34. The van der Waals surface area contributed by atoms with E-state index < -0.39 is 0 Å². The van der Waals surface area contributed by atoms with Gasteiger partial charge >= 0.3 is 6.03 Å². The van der Waals surface area contributed by atoms with Gasteiger partial charge in [-0.3, -0.25) is 0 Å². The SMILES string of the molecule is Cc1noc(CNC(=O)NCCCC(C)C)n1. The van der Waals surface area contributed by atoms with Crippen LogP contribution < -0.4 is 10.6 Å². The quantitative estimate of drug-likeness (QED) is 0.740. The molecule has 2 N–H and O–H groups in total. The third-order valence-corrected chi connectivity index (χ3v) is 2.21. The zero-order valence-electron chi connectivity index (χ0n) is 10.6. The van der Waals surface area contributed by atoms with E-state index in [1.807, 2.05) is 0 Å². The molecule has 0 aliphatic heterocycles. The van der Waals surface area contributed by atoms with Crippen molar-refractivity contribution >= 4 is 6.03 Å². The molecular weight excluding hydrogens is 220 g/mol. The number of carbonyl (C=O) groups is 1. The minimum absolute atomic E-state index is 0.204. The van der Waals surface area contributed by atoms with E-state index in [4.69, 9.17) is 4.52 Å². The van der Waals surface area contributed by atoms with Gasteiger partial charge < -0.3 is 15.2 Å². The van der Waals surface area contributed by atoms with Crippen LogP contribution in [0.4, 0.5) is 4.79 Å². The number of aromatic nitrogens is 2. The minimum Gasteiger partial charge on any atom is -0.338 e. The van der Waals surface area contributed by atoms with E-state index in [-0.39, 0.29) is 12.6 Å². The molecule has 0 unspecified atom stereocenters. The molecule has 0 saturated carbocycles. The van der Waals surface area contributed by atoms with Crippen LogP contribution in [-0.4, -0.2) is 22.7 Å². The van der Waals surface area contributed by atoms with Gasteiger partial charge in [0, 0.05) is 6.54 Å². The number of carbonyl (C=O) groups excluding carboxylic acids is 1. The first kappa shape index (κ1) is 13.5. The summed E-state index contributed by atoms with van der Waals surface area (Å²) in [6.07, 6.45) is 2.11. The predicted octanol–water partition coefficient (Wildman–Crippen LogP) is 1.61. The number of hydrogen-bond donors (Lipinski definition) is 2. The number of hydrogen-bond acceptors (Lipinski definition) is 4.